The second-order valence-electron chi connectivity index (χ2n) is 4.28. The summed E-state index contributed by atoms with van der Waals surface area (Å²) in [6.07, 6.45) is 1.98. The number of likely N-dealkylation sites (N-methyl/N-ethyl adjacent to an activating group) is 1. The smallest absolute Gasteiger partial charge is 0.410 e. The molecule has 0 saturated heterocycles. The summed E-state index contributed by atoms with van der Waals surface area (Å²) in [7, 11) is 3.32. The number of hydrogen-bond donors (Lipinski definition) is 1. The van der Waals surface area contributed by atoms with Crippen molar-refractivity contribution in [3.63, 3.8) is 0 Å². The lowest BCUT2D eigenvalue weighted by Crippen LogP contribution is -2.44. The molecule has 0 spiro atoms. The second-order valence-corrected chi connectivity index (χ2v) is 6.61. The highest BCUT2D eigenvalue weighted by Crippen LogP contribution is 2.36. The summed E-state index contributed by atoms with van der Waals surface area (Å²) in [5.74, 6) is -1.22. The molecule has 0 aliphatic heterocycles. The number of rotatable bonds is 9. The second kappa shape index (κ2) is 9.78. The van der Waals surface area contributed by atoms with Crippen LogP contribution in [0.1, 0.15) is 0 Å². The predicted octanol–water partition coefficient (Wildman–Crippen LogP) is 2.44. The van der Waals surface area contributed by atoms with Crippen molar-refractivity contribution in [2.75, 3.05) is 19.4 Å². The Labute approximate surface area is 145 Å². The van der Waals surface area contributed by atoms with Gasteiger partial charge in [0.1, 0.15) is 12.6 Å². The van der Waals surface area contributed by atoms with Gasteiger partial charge in [-0.05, 0) is 16.9 Å². The summed E-state index contributed by atoms with van der Waals surface area (Å²) in [4.78, 5) is 38.2. The van der Waals surface area contributed by atoms with E-state index < -0.39 is 23.0 Å². The quantitative estimate of drug-likeness (QED) is 0.301. The van der Waals surface area contributed by atoms with Crippen LogP contribution in [-0.2, 0) is 9.53 Å². The molecule has 1 heterocycles. The van der Waals surface area contributed by atoms with Gasteiger partial charge >= 0.3 is 17.7 Å². The van der Waals surface area contributed by atoms with Crippen molar-refractivity contribution >= 4 is 39.3 Å². The molecule has 1 rings (SSSR count). The van der Waals surface area contributed by atoms with Gasteiger partial charge in [0, 0.05) is 25.1 Å². The Bertz CT molecular complexity index is 627. The summed E-state index contributed by atoms with van der Waals surface area (Å²) >= 11 is 0. The molecule has 0 aliphatic carbocycles. The van der Waals surface area contributed by atoms with Crippen LogP contribution in [0.5, 0.6) is 0 Å². The number of carboxylic acids is 1. The van der Waals surface area contributed by atoms with Crippen molar-refractivity contribution < 1.29 is 24.4 Å². The van der Waals surface area contributed by atoms with E-state index in [1.807, 2.05) is 0 Å². The standard InChI is InChI=1S/C13H15N3O6S2/c1-3-7-22-13(19)15(2)10(12(17)18)8-23-24-11-9(16(20)21)5-4-6-14-11/h3-6,10H,1,7-8H2,2H3,(H,17,18)/t10-/m0/s1. The lowest BCUT2D eigenvalue weighted by Gasteiger charge is -2.23. The number of ether oxygens (including phenoxy) is 1. The molecule has 1 amide bonds. The van der Waals surface area contributed by atoms with E-state index in [-0.39, 0.29) is 23.1 Å². The molecule has 0 saturated carbocycles. The van der Waals surface area contributed by atoms with Crippen LogP contribution in [-0.4, -0.2) is 57.4 Å². The third kappa shape index (κ3) is 5.74. The minimum Gasteiger partial charge on any atom is -0.480 e. The van der Waals surface area contributed by atoms with Gasteiger partial charge in [0.05, 0.1) is 4.92 Å². The maximum atomic E-state index is 11.7. The van der Waals surface area contributed by atoms with Gasteiger partial charge in [-0.25, -0.2) is 14.6 Å². The monoisotopic (exact) mass is 373 g/mol. The van der Waals surface area contributed by atoms with Crippen LogP contribution in [0, 0.1) is 10.1 Å². The molecule has 1 atom stereocenters. The molecule has 0 aliphatic rings. The molecular formula is C13H15N3O6S2. The van der Waals surface area contributed by atoms with Crippen LogP contribution >= 0.6 is 21.6 Å². The number of amides is 1. The summed E-state index contributed by atoms with van der Waals surface area (Å²) in [5, 5.41) is 20.3. The van der Waals surface area contributed by atoms with E-state index >= 15 is 0 Å². The van der Waals surface area contributed by atoms with Crippen molar-refractivity contribution in [3.05, 3.63) is 41.1 Å². The van der Waals surface area contributed by atoms with E-state index in [0.717, 1.165) is 26.5 Å². The number of aliphatic carboxylic acids is 1. The molecular weight excluding hydrogens is 358 g/mol. The highest BCUT2D eigenvalue weighted by molar-refractivity contribution is 8.76. The highest BCUT2D eigenvalue weighted by atomic mass is 33.1. The Morgan fingerprint density at radius 2 is 2.33 bits per heavy atom. The van der Waals surface area contributed by atoms with Crippen molar-refractivity contribution in [1.82, 2.24) is 9.88 Å². The minimum absolute atomic E-state index is 0.00653. The molecule has 130 valence electrons. The number of carbonyl (C=O) groups is 2. The maximum absolute atomic E-state index is 11.7. The highest BCUT2D eigenvalue weighted by Gasteiger charge is 2.28. The summed E-state index contributed by atoms with van der Waals surface area (Å²) in [5.41, 5.74) is -0.166. The SMILES string of the molecule is C=CCOC(=O)N(C)[C@@H](CSSc1ncccc1[N+](=O)[O-])C(=O)O. The Kier molecular flexibility index (Phi) is 8.06. The fourth-order valence-electron chi connectivity index (χ4n) is 1.45. The first-order valence-corrected chi connectivity index (χ1v) is 8.82. The van der Waals surface area contributed by atoms with Crippen LogP contribution in [0.25, 0.3) is 0 Å². The Balaban J connectivity index is 2.68. The molecule has 24 heavy (non-hydrogen) atoms. The van der Waals surface area contributed by atoms with Crippen LogP contribution in [0.2, 0.25) is 0 Å². The van der Waals surface area contributed by atoms with Gasteiger partial charge in [-0.15, -0.1) is 0 Å². The maximum Gasteiger partial charge on any atom is 0.410 e. The van der Waals surface area contributed by atoms with Crippen molar-refractivity contribution in [3.8, 4) is 0 Å². The number of carboxylic acid groups (broad SMARTS) is 1. The normalized spacial score (nSPS) is 11.4. The lowest BCUT2D eigenvalue weighted by atomic mass is 10.3. The minimum atomic E-state index is -1.21. The topological polar surface area (TPSA) is 123 Å². The molecule has 1 aromatic rings. The number of nitrogens with zero attached hydrogens (tertiary/aromatic N) is 3. The number of pyridine rings is 1. The molecule has 0 aromatic carbocycles. The third-order valence-electron chi connectivity index (χ3n) is 2.68. The average molecular weight is 373 g/mol. The molecule has 0 unspecified atom stereocenters. The van der Waals surface area contributed by atoms with Gasteiger partial charge in [0.2, 0.25) is 0 Å². The van der Waals surface area contributed by atoms with Crippen LogP contribution in [0.3, 0.4) is 0 Å². The van der Waals surface area contributed by atoms with E-state index in [1.165, 1.54) is 31.5 Å². The van der Waals surface area contributed by atoms with E-state index in [0.29, 0.717) is 0 Å². The number of nitro groups is 1. The number of aromatic nitrogens is 1. The zero-order valence-corrected chi connectivity index (χ0v) is 14.3. The zero-order valence-electron chi connectivity index (χ0n) is 12.7. The first-order valence-electron chi connectivity index (χ1n) is 6.50. The first-order chi connectivity index (χ1) is 11.4. The lowest BCUT2D eigenvalue weighted by molar-refractivity contribution is -0.388. The Morgan fingerprint density at radius 3 is 2.92 bits per heavy atom. The molecule has 0 fully saturated rings. The van der Waals surface area contributed by atoms with E-state index in [1.54, 1.807) is 0 Å². The number of hydrogen-bond acceptors (Lipinski definition) is 8. The van der Waals surface area contributed by atoms with Crippen molar-refractivity contribution in [1.29, 1.82) is 0 Å². The number of carbonyl (C=O) groups excluding carboxylic acids is 1. The summed E-state index contributed by atoms with van der Waals surface area (Å²) in [6.45, 7) is 3.37. The Morgan fingerprint density at radius 1 is 1.62 bits per heavy atom. The van der Waals surface area contributed by atoms with Gasteiger partial charge in [-0.2, -0.15) is 0 Å². The largest absolute Gasteiger partial charge is 0.480 e. The first kappa shape index (κ1) is 19.8. The van der Waals surface area contributed by atoms with Gasteiger partial charge in [0.15, 0.2) is 5.03 Å². The predicted molar refractivity (Wildman–Crippen MR) is 89.9 cm³/mol. The average Bonchev–Trinajstić information content (AvgIpc) is 2.55. The zero-order chi connectivity index (χ0) is 18.1. The fraction of sp³-hybridized carbons (Fsp3) is 0.308. The van der Waals surface area contributed by atoms with Gasteiger partial charge < -0.3 is 9.84 Å². The summed E-state index contributed by atoms with van der Waals surface area (Å²) < 4.78 is 4.79. The third-order valence-corrected chi connectivity index (χ3v) is 4.95. The van der Waals surface area contributed by atoms with E-state index in [4.69, 9.17) is 4.74 Å². The van der Waals surface area contributed by atoms with Crippen molar-refractivity contribution in [2.45, 2.75) is 11.1 Å². The molecule has 1 N–H and O–H groups in total. The Hall–Kier alpha value is -2.27. The fourth-order valence-corrected chi connectivity index (χ4v) is 3.77. The molecule has 0 radical (unpaired) electrons. The van der Waals surface area contributed by atoms with Gasteiger partial charge in [-0.3, -0.25) is 15.0 Å². The van der Waals surface area contributed by atoms with E-state index in [2.05, 4.69) is 11.6 Å². The molecule has 0 bridgehead atoms. The van der Waals surface area contributed by atoms with Gasteiger partial charge in [0.25, 0.3) is 0 Å². The molecule has 11 heteroatoms. The van der Waals surface area contributed by atoms with Crippen LogP contribution < -0.4 is 0 Å². The van der Waals surface area contributed by atoms with E-state index in [9.17, 15) is 24.8 Å². The van der Waals surface area contributed by atoms with Gasteiger partial charge in [-0.1, -0.05) is 23.4 Å². The molecule has 9 nitrogen and oxygen atoms in total. The van der Waals surface area contributed by atoms with Crippen molar-refractivity contribution in [2.24, 2.45) is 0 Å². The van der Waals surface area contributed by atoms with Crippen LogP contribution in [0.15, 0.2) is 36.0 Å². The molecule has 1 aromatic heterocycles. The summed E-state index contributed by atoms with van der Waals surface area (Å²) in [6, 6.07) is 1.60. The van der Waals surface area contributed by atoms with Crippen LogP contribution in [0.4, 0.5) is 10.5 Å².